The Morgan fingerprint density at radius 3 is 2.38 bits per heavy atom. The number of carbonyl (C=O) groups excluding carboxylic acids is 1. The number of nitrogens with two attached hydrogens (primary N) is 1. The largest absolute Gasteiger partial charge is 0.397 e. The summed E-state index contributed by atoms with van der Waals surface area (Å²) >= 11 is 11.7. The molecule has 110 valence electrons. The van der Waals surface area contributed by atoms with E-state index in [0.717, 1.165) is 9.13 Å². The molecule has 0 amide bonds. The first-order chi connectivity index (χ1) is 9.73. The van der Waals surface area contributed by atoms with Crippen molar-refractivity contribution in [3.63, 3.8) is 0 Å². The maximum absolute atomic E-state index is 12.4. The molecule has 0 aliphatic carbocycles. The number of benzene rings is 1. The summed E-state index contributed by atoms with van der Waals surface area (Å²) in [4.78, 5) is 36.1. The number of anilines is 1. The number of nitrogens with zero attached hydrogens (tertiary/aromatic N) is 2. The molecule has 0 spiro atoms. The molecule has 0 fully saturated rings. The molecule has 0 aliphatic rings. The summed E-state index contributed by atoms with van der Waals surface area (Å²) in [6.45, 7) is 0. The zero-order chi connectivity index (χ0) is 15.9. The molecule has 0 atom stereocenters. The molecule has 0 bridgehead atoms. The van der Waals surface area contributed by atoms with Crippen molar-refractivity contribution in [3.05, 3.63) is 60.3 Å². The van der Waals surface area contributed by atoms with Crippen molar-refractivity contribution < 1.29 is 4.79 Å². The lowest BCUT2D eigenvalue weighted by atomic mass is 10.1. The van der Waals surface area contributed by atoms with E-state index in [1.807, 2.05) is 0 Å². The van der Waals surface area contributed by atoms with Gasteiger partial charge in [-0.1, -0.05) is 23.2 Å². The standard InChI is InChI=1S/C13H11Cl2N3O3/c1-17-5-7(12(20)18(2)13(17)21)11(19)6-3-8(14)10(15)9(16)4-6/h3-5H,16H2,1-2H3. The Bertz CT molecular complexity index is 845. The fourth-order valence-corrected chi connectivity index (χ4v) is 2.20. The maximum Gasteiger partial charge on any atom is 0.330 e. The van der Waals surface area contributed by atoms with Crippen molar-refractivity contribution in [2.45, 2.75) is 0 Å². The molecule has 1 aromatic heterocycles. The third kappa shape index (κ3) is 2.59. The highest BCUT2D eigenvalue weighted by Crippen LogP contribution is 2.29. The highest BCUT2D eigenvalue weighted by atomic mass is 35.5. The van der Waals surface area contributed by atoms with Crippen LogP contribution in [0.2, 0.25) is 10.0 Å². The van der Waals surface area contributed by atoms with Crippen molar-refractivity contribution in [3.8, 4) is 0 Å². The number of rotatable bonds is 2. The molecule has 21 heavy (non-hydrogen) atoms. The van der Waals surface area contributed by atoms with E-state index in [1.165, 1.54) is 32.4 Å². The van der Waals surface area contributed by atoms with Gasteiger partial charge in [-0.25, -0.2) is 4.79 Å². The predicted octanol–water partition coefficient (Wildman–Crippen LogP) is 1.20. The van der Waals surface area contributed by atoms with Gasteiger partial charge in [-0.15, -0.1) is 0 Å². The van der Waals surface area contributed by atoms with Gasteiger partial charge in [0.05, 0.1) is 15.7 Å². The molecule has 0 unspecified atom stereocenters. The Kier molecular flexibility index (Phi) is 3.93. The number of carbonyl (C=O) groups is 1. The minimum absolute atomic E-state index is 0.113. The van der Waals surface area contributed by atoms with Crippen LogP contribution in [-0.4, -0.2) is 14.9 Å². The van der Waals surface area contributed by atoms with Gasteiger partial charge < -0.3 is 10.3 Å². The molecule has 0 aliphatic heterocycles. The van der Waals surface area contributed by atoms with Crippen LogP contribution in [0.15, 0.2) is 27.9 Å². The van der Waals surface area contributed by atoms with Gasteiger partial charge in [0.1, 0.15) is 5.56 Å². The number of halogens is 2. The van der Waals surface area contributed by atoms with Crippen LogP contribution in [0.25, 0.3) is 0 Å². The van der Waals surface area contributed by atoms with Gasteiger partial charge in [-0.05, 0) is 12.1 Å². The van der Waals surface area contributed by atoms with Gasteiger partial charge in [0.15, 0.2) is 5.78 Å². The van der Waals surface area contributed by atoms with Crippen molar-refractivity contribution in [2.75, 3.05) is 5.73 Å². The smallest absolute Gasteiger partial charge is 0.330 e. The Balaban J connectivity index is 2.67. The average molecular weight is 328 g/mol. The molecular weight excluding hydrogens is 317 g/mol. The molecule has 1 heterocycles. The van der Waals surface area contributed by atoms with Crippen LogP contribution in [0, 0.1) is 0 Å². The molecule has 2 N–H and O–H groups in total. The lowest BCUT2D eigenvalue weighted by Gasteiger charge is -2.08. The fourth-order valence-electron chi connectivity index (χ4n) is 1.86. The number of aryl methyl sites for hydroxylation is 1. The number of hydrogen-bond donors (Lipinski definition) is 1. The molecule has 0 saturated heterocycles. The molecular formula is C13H11Cl2N3O3. The van der Waals surface area contributed by atoms with Crippen LogP contribution in [0.1, 0.15) is 15.9 Å². The van der Waals surface area contributed by atoms with Gasteiger partial charge in [0.2, 0.25) is 0 Å². The topological polar surface area (TPSA) is 87.1 Å². The molecule has 0 radical (unpaired) electrons. The van der Waals surface area contributed by atoms with Gasteiger partial charge in [0.25, 0.3) is 5.56 Å². The van der Waals surface area contributed by atoms with E-state index in [-0.39, 0.29) is 26.9 Å². The molecule has 6 nitrogen and oxygen atoms in total. The second kappa shape index (κ2) is 5.38. The second-order valence-corrected chi connectivity index (χ2v) is 5.28. The number of hydrogen-bond acceptors (Lipinski definition) is 4. The minimum atomic E-state index is -0.687. The summed E-state index contributed by atoms with van der Waals surface area (Å²) in [5.74, 6) is -0.587. The van der Waals surface area contributed by atoms with E-state index in [4.69, 9.17) is 28.9 Å². The molecule has 0 saturated carbocycles. The maximum atomic E-state index is 12.4. The first kappa shape index (κ1) is 15.3. The van der Waals surface area contributed by atoms with Crippen LogP contribution in [0.3, 0.4) is 0 Å². The van der Waals surface area contributed by atoms with E-state index in [2.05, 4.69) is 0 Å². The van der Waals surface area contributed by atoms with E-state index in [1.54, 1.807) is 0 Å². The number of ketones is 1. The summed E-state index contributed by atoms with van der Waals surface area (Å²) in [5.41, 5.74) is 4.54. The molecule has 8 heteroatoms. The summed E-state index contributed by atoms with van der Waals surface area (Å²) in [6.07, 6.45) is 1.19. The van der Waals surface area contributed by atoms with Crippen molar-refractivity contribution in [2.24, 2.45) is 14.1 Å². The van der Waals surface area contributed by atoms with Crippen LogP contribution in [0.4, 0.5) is 5.69 Å². The van der Waals surface area contributed by atoms with Gasteiger partial charge in [-0.3, -0.25) is 14.2 Å². The molecule has 2 aromatic rings. The molecule has 2 rings (SSSR count). The first-order valence-electron chi connectivity index (χ1n) is 5.80. The summed E-state index contributed by atoms with van der Waals surface area (Å²) in [5, 5.41) is 0.253. The molecule has 1 aromatic carbocycles. The third-order valence-electron chi connectivity index (χ3n) is 3.01. The van der Waals surface area contributed by atoms with E-state index < -0.39 is 17.0 Å². The third-order valence-corrected chi connectivity index (χ3v) is 3.83. The fraction of sp³-hybridized carbons (Fsp3) is 0.154. The van der Waals surface area contributed by atoms with Crippen molar-refractivity contribution in [1.82, 2.24) is 9.13 Å². The van der Waals surface area contributed by atoms with Gasteiger partial charge in [0, 0.05) is 25.9 Å². The van der Waals surface area contributed by atoms with Crippen molar-refractivity contribution >= 4 is 34.7 Å². The zero-order valence-corrected chi connectivity index (χ0v) is 12.7. The highest BCUT2D eigenvalue weighted by molar-refractivity contribution is 6.44. The number of nitrogen functional groups attached to an aromatic ring is 1. The summed E-state index contributed by atoms with van der Waals surface area (Å²) in [6, 6.07) is 2.66. The van der Waals surface area contributed by atoms with E-state index >= 15 is 0 Å². The quantitative estimate of drug-likeness (QED) is 0.663. The van der Waals surface area contributed by atoms with Crippen LogP contribution in [-0.2, 0) is 14.1 Å². The predicted molar refractivity (Wildman–Crippen MR) is 81.2 cm³/mol. The summed E-state index contributed by atoms with van der Waals surface area (Å²) < 4.78 is 2.00. The van der Waals surface area contributed by atoms with E-state index in [0.29, 0.717) is 0 Å². The van der Waals surface area contributed by atoms with E-state index in [9.17, 15) is 14.4 Å². The zero-order valence-electron chi connectivity index (χ0n) is 11.2. The summed E-state index contributed by atoms with van der Waals surface area (Å²) in [7, 11) is 2.74. The average Bonchev–Trinajstić information content (AvgIpc) is 2.45. The highest BCUT2D eigenvalue weighted by Gasteiger charge is 2.18. The Morgan fingerprint density at radius 1 is 1.19 bits per heavy atom. The normalized spacial score (nSPS) is 10.7. The number of aromatic nitrogens is 2. The van der Waals surface area contributed by atoms with Crippen LogP contribution >= 0.6 is 23.2 Å². The van der Waals surface area contributed by atoms with Gasteiger partial charge in [-0.2, -0.15) is 0 Å². The minimum Gasteiger partial charge on any atom is -0.397 e. The van der Waals surface area contributed by atoms with Crippen molar-refractivity contribution in [1.29, 1.82) is 0 Å². The monoisotopic (exact) mass is 327 g/mol. The lowest BCUT2D eigenvalue weighted by Crippen LogP contribution is -2.39. The second-order valence-electron chi connectivity index (χ2n) is 4.49. The lowest BCUT2D eigenvalue weighted by molar-refractivity contribution is 0.103. The first-order valence-corrected chi connectivity index (χ1v) is 6.55. The van der Waals surface area contributed by atoms with Crippen LogP contribution in [0.5, 0.6) is 0 Å². The SMILES string of the molecule is Cn1cc(C(=O)c2cc(N)c(Cl)c(Cl)c2)c(=O)n(C)c1=O. The Morgan fingerprint density at radius 2 is 1.81 bits per heavy atom. The Labute approximate surface area is 129 Å². The van der Waals surface area contributed by atoms with Gasteiger partial charge >= 0.3 is 5.69 Å². The van der Waals surface area contributed by atoms with Crippen LogP contribution < -0.4 is 17.0 Å². The Hall–Kier alpha value is -2.05.